The van der Waals surface area contributed by atoms with Crippen LogP contribution in [0.3, 0.4) is 0 Å². The van der Waals surface area contributed by atoms with Crippen LogP contribution >= 0.6 is 0 Å². The third kappa shape index (κ3) is 4.42. The van der Waals surface area contributed by atoms with Crippen molar-refractivity contribution in [1.82, 2.24) is 15.3 Å². The first-order chi connectivity index (χ1) is 13.7. The SMILES string of the molecule is O=C(Nc1cnccc1OCCCNCC1CC1)c1c[nH]c2c1C(=O)CCC2. The molecule has 2 aromatic heterocycles. The van der Waals surface area contributed by atoms with Crippen LogP contribution in [-0.4, -0.2) is 41.4 Å². The Hall–Kier alpha value is -2.67. The van der Waals surface area contributed by atoms with E-state index in [4.69, 9.17) is 4.74 Å². The lowest BCUT2D eigenvalue weighted by molar-refractivity contribution is 0.0956. The minimum Gasteiger partial charge on any atom is -0.491 e. The summed E-state index contributed by atoms with van der Waals surface area (Å²) in [6, 6.07) is 1.74. The van der Waals surface area contributed by atoms with Gasteiger partial charge in [0.1, 0.15) is 11.4 Å². The summed E-state index contributed by atoms with van der Waals surface area (Å²) in [5, 5.41) is 6.28. The molecule has 7 nitrogen and oxygen atoms in total. The number of fused-ring (bicyclic) bond motifs is 1. The Bertz CT molecular complexity index is 857. The van der Waals surface area contributed by atoms with E-state index in [0.717, 1.165) is 44.0 Å². The summed E-state index contributed by atoms with van der Waals surface area (Å²) in [5.74, 6) is 1.15. The number of carbonyl (C=O) groups excluding carboxylic acids is 2. The van der Waals surface area contributed by atoms with E-state index in [-0.39, 0.29) is 11.7 Å². The van der Waals surface area contributed by atoms with Crippen molar-refractivity contribution >= 4 is 17.4 Å². The Labute approximate surface area is 164 Å². The van der Waals surface area contributed by atoms with Crippen molar-refractivity contribution in [3.63, 3.8) is 0 Å². The Balaban J connectivity index is 1.35. The van der Waals surface area contributed by atoms with Crippen LogP contribution in [0.1, 0.15) is 58.5 Å². The van der Waals surface area contributed by atoms with Gasteiger partial charge in [0.25, 0.3) is 5.91 Å². The van der Waals surface area contributed by atoms with Crippen molar-refractivity contribution in [2.75, 3.05) is 25.0 Å². The van der Waals surface area contributed by atoms with Crippen LogP contribution in [0.5, 0.6) is 5.75 Å². The summed E-state index contributed by atoms with van der Waals surface area (Å²) in [6.07, 6.45) is 10.5. The number of hydrogen-bond acceptors (Lipinski definition) is 5. The standard InChI is InChI=1S/C21H26N4O3/c26-18-4-1-3-16-20(18)15(12-24-16)21(27)25-17-13-23-9-7-19(17)28-10-2-8-22-11-14-5-6-14/h7,9,12-14,22,24H,1-6,8,10-11H2,(H,25,27). The minimum absolute atomic E-state index is 0.0222. The van der Waals surface area contributed by atoms with Crippen LogP contribution < -0.4 is 15.4 Å². The normalized spacial score (nSPS) is 15.9. The number of carbonyl (C=O) groups is 2. The predicted molar refractivity (Wildman–Crippen MR) is 106 cm³/mol. The molecule has 0 radical (unpaired) electrons. The molecule has 1 saturated carbocycles. The van der Waals surface area contributed by atoms with Crippen LogP contribution in [0.2, 0.25) is 0 Å². The number of Topliss-reactive ketones (excluding diaryl/α,β-unsaturated/α-hetero) is 1. The van der Waals surface area contributed by atoms with Gasteiger partial charge in [-0.05, 0) is 51.1 Å². The highest BCUT2D eigenvalue weighted by Gasteiger charge is 2.26. The van der Waals surface area contributed by atoms with E-state index in [0.29, 0.717) is 35.6 Å². The maximum Gasteiger partial charge on any atom is 0.258 e. The summed E-state index contributed by atoms with van der Waals surface area (Å²) in [7, 11) is 0. The predicted octanol–water partition coefficient (Wildman–Crippen LogP) is 2.95. The lowest BCUT2D eigenvalue weighted by Gasteiger charge is -2.14. The smallest absolute Gasteiger partial charge is 0.258 e. The van der Waals surface area contributed by atoms with Gasteiger partial charge in [-0.2, -0.15) is 0 Å². The minimum atomic E-state index is -0.322. The van der Waals surface area contributed by atoms with Crippen molar-refractivity contribution in [2.45, 2.75) is 38.5 Å². The average molecular weight is 382 g/mol. The Morgan fingerprint density at radius 1 is 1.32 bits per heavy atom. The molecule has 0 spiro atoms. The highest BCUT2D eigenvalue weighted by Crippen LogP contribution is 2.28. The van der Waals surface area contributed by atoms with Gasteiger partial charge < -0.3 is 20.4 Å². The number of aryl methyl sites for hydroxylation is 1. The van der Waals surface area contributed by atoms with Crippen LogP contribution in [-0.2, 0) is 6.42 Å². The first kappa shape index (κ1) is 18.7. The molecule has 0 bridgehead atoms. The van der Waals surface area contributed by atoms with Crippen LogP contribution in [0.4, 0.5) is 5.69 Å². The fourth-order valence-electron chi connectivity index (χ4n) is 3.51. The number of rotatable bonds is 9. The molecule has 0 aliphatic heterocycles. The van der Waals surface area contributed by atoms with Gasteiger partial charge in [-0.25, -0.2) is 0 Å². The second-order valence-electron chi connectivity index (χ2n) is 7.51. The van der Waals surface area contributed by atoms with Crippen molar-refractivity contribution in [3.05, 3.63) is 41.5 Å². The molecule has 2 aliphatic rings. The molecule has 0 aromatic carbocycles. The topological polar surface area (TPSA) is 96.1 Å². The lowest BCUT2D eigenvalue weighted by atomic mass is 9.93. The molecule has 148 valence electrons. The molecule has 1 fully saturated rings. The van der Waals surface area contributed by atoms with Crippen LogP contribution in [0.25, 0.3) is 0 Å². The van der Waals surface area contributed by atoms with E-state index in [1.54, 1.807) is 24.7 Å². The molecule has 0 saturated heterocycles. The van der Waals surface area contributed by atoms with E-state index in [2.05, 4.69) is 20.6 Å². The van der Waals surface area contributed by atoms with Crippen molar-refractivity contribution in [3.8, 4) is 5.75 Å². The van der Waals surface area contributed by atoms with Gasteiger partial charge in [-0.15, -0.1) is 0 Å². The summed E-state index contributed by atoms with van der Waals surface area (Å²) in [6.45, 7) is 2.57. The van der Waals surface area contributed by atoms with Gasteiger partial charge in [0.05, 0.1) is 23.9 Å². The van der Waals surface area contributed by atoms with Crippen molar-refractivity contribution < 1.29 is 14.3 Å². The van der Waals surface area contributed by atoms with Gasteiger partial charge in [-0.3, -0.25) is 14.6 Å². The summed E-state index contributed by atoms with van der Waals surface area (Å²) < 4.78 is 5.84. The monoisotopic (exact) mass is 382 g/mol. The molecule has 2 aliphatic carbocycles. The van der Waals surface area contributed by atoms with E-state index in [9.17, 15) is 9.59 Å². The number of amides is 1. The van der Waals surface area contributed by atoms with E-state index < -0.39 is 0 Å². The molecule has 2 heterocycles. The number of pyridine rings is 1. The number of aromatic amines is 1. The van der Waals surface area contributed by atoms with Gasteiger partial charge in [0.15, 0.2) is 5.78 Å². The van der Waals surface area contributed by atoms with E-state index in [1.807, 2.05) is 0 Å². The number of ether oxygens (including phenoxy) is 1. The van der Waals surface area contributed by atoms with E-state index in [1.165, 1.54) is 12.8 Å². The first-order valence-electron chi connectivity index (χ1n) is 10.0. The molecule has 0 atom stereocenters. The average Bonchev–Trinajstić information content (AvgIpc) is 3.42. The zero-order valence-corrected chi connectivity index (χ0v) is 15.9. The summed E-state index contributed by atoms with van der Waals surface area (Å²) >= 11 is 0. The molecule has 28 heavy (non-hydrogen) atoms. The summed E-state index contributed by atoms with van der Waals surface area (Å²) in [4.78, 5) is 32.1. The Morgan fingerprint density at radius 2 is 2.21 bits per heavy atom. The molecular weight excluding hydrogens is 356 g/mol. The maximum absolute atomic E-state index is 12.8. The van der Waals surface area contributed by atoms with Crippen LogP contribution in [0, 0.1) is 5.92 Å². The zero-order valence-electron chi connectivity index (χ0n) is 15.9. The zero-order chi connectivity index (χ0) is 19.3. The second kappa shape index (κ2) is 8.56. The van der Waals surface area contributed by atoms with Gasteiger partial charge in [0.2, 0.25) is 0 Å². The highest BCUT2D eigenvalue weighted by molar-refractivity contribution is 6.13. The highest BCUT2D eigenvalue weighted by atomic mass is 16.5. The van der Waals surface area contributed by atoms with Crippen molar-refractivity contribution in [1.29, 1.82) is 0 Å². The number of nitrogens with one attached hydrogen (secondary N) is 3. The molecule has 0 unspecified atom stereocenters. The number of anilines is 1. The third-order valence-corrected chi connectivity index (χ3v) is 5.23. The summed E-state index contributed by atoms with van der Waals surface area (Å²) in [5.41, 5.74) is 2.27. The molecule has 4 rings (SSSR count). The second-order valence-corrected chi connectivity index (χ2v) is 7.51. The third-order valence-electron chi connectivity index (χ3n) is 5.23. The quantitative estimate of drug-likeness (QED) is 0.580. The largest absolute Gasteiger partial charge is 0.491 e. The van der Waals surface area contributed by atoms with E-state index >= 15 is 0 Å². The van der Waals surface area contributed by atoms with Crippen molar-refractivity contribution in [2.24, 2.45) is 5.92 Å². The number of aromatic nitrogens is 2. The molecule has 1 amide bonds. The lowest BCUT2D eigenvalue weighted by Crippen LogP contribution is -2.20. The first-order valence-corrected chi connectivity index (χ1v) is 10.0. The number of nitrogens with zero attached hydrogens (tertiary/aromatic N) is 1. The number of H-pyrrole nitrogens is 1. The maximum atomic E-state index is 12.8. The Morgan fingerprint density at radius 3 is 3.07 bits per heavy atom. The van der Waals surface area contributed by atoms with Gasteiger partial charge in [0, 0.05) is 30.6 Å². The fraction of sp³-hybridized carbons (Fsp3) is 0.476. The van der Waals surface area contributed by atoms with Gasteiger partial charge in [-0.1, -0.05) is 0 Å². The fourth-order valence-corrected chi connectivity index (χ4v) is 3.51. The molecule has 3 N–H and O–H groups in total. The van der Waals surface area contributed by atoms with Gasteiger partial charge >= 0.3 is 0 Å². The molecule has 7 heteroatoms. The Kier molecular flexibility index (Phi) is 5.71. The molecule has 2 aromatic rings. The van der Waals surface area contributed by atoms with Crippen LogP contribution in [0.15, 0.2) is 24.7 Å². The molecular formula is C21H26N4O3. The number of ketones is 1. The number of hydrogen-bond donors (Lipinski definition) is 3.